The lowest BCUT2D eigenvalue weighted by molar-refractivity contribution is -0.141. The first-order valence-corrected chi connectivity index (χ1v) is 20.0. The molecule has 22 heteroatoms. The van der Waals surface area contributed by atoms with Crippen molar-refractivity contribution in [1.29, 1.82) is 0 Å². The lowest BCUT2D eigenvalue weighted by Gasteiger charge is -2.23. The smallest absolute Gasteiger partial charge is 0.404 e. The van der Waals surface area contributed by atoms with Gasteiger partial charge in [0.05, 0.1) is 0 Å². The Hall–Kier alpha value is -5.25. The third-order valence-corrected chi connectivity index (χ3v) is 10.2. The van der Waals surface area contributed by atoms with Crippen LogP contribution in [0.1, 0.15) is 64.9 Å². The van der Waals surface area contributed by atoms with E-state index in [1.165, 1.54) is 28.5 Å². The maximum absolute atomic E-state index is 13.3. The number of carboxylic acid groups (broad SMARTS) is 3. The van der Waals surface area contributed by atoms with Crippen molar-refractivity contribution in [1.82, 2.24) is 31.9 Å². The van der Waals surface area contributed by atoms with Crippen LogP contribution in [0.25, 0.3) is 0 Å². The van der Waals surface area contributed by atoms with Gasteiger partial charge in [-0.3, -0.25) is 24.0 Å². The van der Waals surface area contributed by atoms with Crippen LogP contribution in [0.15, 0.2) is 30.3 Å². The highest BCUT2D eigenvalue weighted by molar-refractivity contribution is 8.76. The van der Waals surface area contributed by atoms with Gasteiger partial charge in [0.25, 0.3) is 0 Å². The van der Waals surface area contributed by atoms with E-state index >= 15 is 0 Å². The molecule has 0 heterocycles. The molecule has 7 amide bonds. The quantitative estimate of drug-likeness (QED) is 0.0422. The summed E-state index contributed by atoms with van der Waals surface area (Å²) in [7, 11) is 2.90. The van der Waals surface area contributed by atoms with E-state index in [1.54, 1.807) is 26.0 Å². The van der Waals surface area contributed by atoms with Crippen LogP contribution in [0.4, 0.5) is 9.59 Å². The molecule has 1 aromatic rings. The monoisotopic (exact) mass is 829 g/mol. The molecule has 0 aliphatic heterocycles. The largest absolute Gasteiger partial charge is 0.481 e. The van der Waals surface area contributed by atoms with Gasteiger partial charge in [-0.05, 0) is 45.6 Å². The van der Waals surface area contributed by atoms with E-state index in [0.717, 1.165) is 5.56 Å². The second-order valence-corrected chi connectivity index (χ2v) is 15.2. The third-order valence-electron chi connectivity index (χ3n) is 7.61. The van der Waals surface area contributed by atoms with Gasteiger partial charge in [0.1, 0.15) is 30.8 Å². The van der Waals surface area contributed by atoms with Gasteiger partial charge in [0.2, 0.25) is 23.6 Å². The van der Waals surface area contributed by atoms with Gasteiger partial charge in [-0.1, -0.05) is 51.9 Å². The summed E-state index contributed by atoms with van der Waals surface area (Å²) in [5.41, 5.74) is 5.73. The molecule has 0 radical (unpaired) electrons. The molecule has 312 valence electrons. The number of rotatable bonds is 27. The zero-order chi connectivity index (χ0) is 42.2. The predicted octanol–water partition coefficient (Wildman–Crippen LogP) is 0.336. The molecule has 0 fully saturated rings. The van der Waals surface area contributed by atoms with Crippen molar-refractivity contribution >= 4 is 75.2 Å². The van der Waals surface area contributed by atoms with Crippen molar-refractivity contribution in [3.05, 3.63) is 35.9 Å². The number of benzene rings is 1. The maximum Gasteiger partial charge on any atom is 0.404 e. The number of ether oxygens (including phenoxy) is 1. The predicted molar refractivity (Wildman–Crippen MR) is 205 cm³/mol. The standard InChI is InChI=1S/C34H51N7O13S2/c1-19(36-26(42)13-10-23(31(48)49)40-34(53)41-24(32(50)51)11-14-28(44)45)9-12-27(43)38-21(3)29(46)39-25(17-22-7-5-4-6-8-22)30(47)37-20(2)18-56-55-16-15-54-33(35)52/h4-8,19-21,23-25H,9-18H2,1-3H3,(H2,35,52)(H,36,42)(H,37,47)(H,38,43)(H,39,46)(H,44,45)(H,48,49)(H,50,51)(H2,40,41,53)/t19-,20+,21+,23+,24+,25-/m1/s1. The van der Waals surface area contributed by atoms with Crippen molar-refractivity contribution < 1.29 is 63.2 Å². The number of hydrogen-bond donors (Lipinski definition) is 10. The summed E-state index contributed by atoms with van der Waals surface area (Å²) in [5.74, 6) is -5.38. The topological polar surface area (TPSA) is 322 Å². The summed E-state index contributed by atoms with van der Waals surface area (Å²) in [6, 6.07) is 1.92. The number of carboxylic acids is 3. The summed E-state index contributed by atoms with van der Waals surface area (Å²) in [5, 5.41) is 42.2. The van der Waals surface area contributed by atoms with E-state index < -0.39 is 96.7 Å². The fourth-order valence-corrected chi connectivity index (χ4v) is 6.80. The minimum Gasteiger partial charge on any atom is -0.481 e. The van der Waals surface area contributed by atoms with Crippen molar-refractivity contribution in [3.63, 3.8) is 0 Å². The number of nitrogens with one attached hydrogen (secondary N) is 6. The molecule has 20 nitrogen and oxygen atoms in total. The van der Waals surface area contributed by atoms with Crippen LogP contribution in [-0.2, 0) is 44.7 Å². The van der Waals surface area contributed by atoms with E-state index in [2.05, 4.69) is 31.3 Å². The number of urea groups is 1. The number of nitrogens with two attached hydrogens (primary N) is 1. The van der Waals surface area contributed by atoms with Crippen LogP contribution >= 0.6 is 21.6 Å². The number of carbonyl (C=O) groups excluding carboxylic acids is 6. The Morgan fingerprint density at radius 1 is 0.661 bits per heavy atom. The highest BCUT2D eigenvalue weighted by atomic mass is 33.1. The SMILES string of the molecule is C[C@H](CCC(=O)N[C@@H](C)C(=O)N[C@H](Cc1ccccc1)C(=O)N[C@@H](C)CSSCCOC(N)=O)NC(=O)CC[C@H](NC(=O)N[C@@H](CCC(=O)O)C(=O)O)C(=O)O. The summed E-state index contributed by atoms with van der Waals surface area (Å²) >= 11 is 0. The van der Waals surface area contributed by atoms with E-state index in [-0.39, 0.29) is 44.8 Å². The van der Waals surface area contributed by atoms with Crippen LogP contribution in [0.3, 0.4) is 0 Å². The van der Waals surface area contributed by atoms with Crippen molar-refractivity contribution in [3.8, 4) is 0 Å². The fraction of sp³-hybridized carbons (Fsp3) is 0.559. The van der Waals surface area contributed by atoms with E-state index in [4.69, 9.17) is 10.8 Å². The first-order valence-electron chi connectivity index (χ1n) is 17.5. The molecule has 0 aromatic heterocycles. The highest BCUT2D eigenvalue weighted by Crippen LogP contribution is 2.21. The van der Waals surface area contributed by atoms with Gasteiger partial charge in [-0.2, -0.15) is 0 Å². The first kappa shape index (κ1) is 48.8. The number of primary amides is 1. The molecule has 6 atom stereocenters. The number of amides is 7. The number of aliphatic carboxylic acids is 3. The molecule has 1 rings (SSSR count). The van der Waals surface area contributed by atoms with Crippen LogP contribution in [0, 0.1) is 0 Å². The van der Waals surface area contributed by atoms with Crippen LogP contribution in [-0.4, -0.2) is 123 Å². The molecular weight excluding hydrogens is 779 g/mol. The zero-order valence-electron chi connectivity index (χ0n) is 31.2. The van der Waals surface area contributed by atoms with Crippen LogP contribution in [0.2, 0.25) is 0 Å². The van der Waals surface area contributed by atoms with E-state index in [1.807, 2.05) is 23.5 Å². The summed E-state index contributed by atoms with van der Waals surface area (Å²) < 4.78 is 4.68. The fourth-order valence-electron chi connectivity index (χ4n) is 4.69. The first-order chi connectivity index (χ1) is 26.4. The Morgan fingerprint density at radius 3 is 1.80 bits per heavy atom. The summed E-state index contributed by atoms with van der Waals surface area (Å²) in [6.07, 6.45) is -2.32. The lowest BCUT2D eigenvalue weighted by atomic mass is 10.0. The average Bonchev–Trinajstić information content (AvgIpc) is 3.11. The van der Waals surface area contributed by atoms with Crippen molar-refractivity contribution in [2.45, 2.75) is 102 Å². The molecule has 0 aliphatic rings. The molecule has 11 N–H and O–H groups in total. The molecule has 0 spiro atoms. The molecule has 1 aromatic carbocycles. The minimum atomic E-state index is -1.58. The van der Waals surface area contributed by atoms with E-state index in [0.29, 0.717) is 11.5 Å². The molecule has 0 saturated heterocycles. The molecule has 0 bridgehead atoms. The summed E-state index contributed by atoms with van der Waals surface area (Å²) in [6.45, 7) is 5.03. The van der Waals surface area contributed by atoms with Gasteiger partial charge in [0.15, 0.2) is 0 Å². The molecular formula is C34H51N7O13S2. The molecule has 0 unspecified atom stereocenters. The number of hydrogen-bond acceptors (Lipinski definition) is 12. The van der Waals surface area contributed by atoms with Gasteiger partial charge < -0.3 is 57.7 Å². The Kier molecular flexibility index (Phi) is 23.1. The number of carbonyl (C=O) groups is 9. The second-order valence-electron chi connectivity index (χ2n) is 12.6. The molecule has 56 heavy (non-hydrogen) atoms. The van der Waals surface area contributed by atoms with Gasteiger partial charge in [-0.25, -0.2) is 19.2 Å². The Morgan fingerprint density at radius 2 is 1.23 bits per heavy atom. The average molecular weight is 830 g/mol. The lowest BCUT2D eigenvalue weighted by Crippen LogP contribution is -2.54. The Labute approximate surface area is 331 Å². The highest BCUT2D eigenvalue weighted by Gasteiger charge is 2.27. The third kappa shape index (κ3) is 22.2. The molecule has 0 saturated carbocycles. The van der Waals surface area contributed by atoms with Gasteiger partial charge in [-0.15, -0.1) is 0 Å². The zero-order valence-corrected chi connectivity index (χ0v) is 32.9. The molecule has 0 aliphatic carbocycles. The van der Waals surface area contributed by atoms with E-state index in [9.17, 15) is 53.4 Å². The van der Waals surface area contributed by atoms with Crippen molar-refractivity contribution in [2.24, 2.45) is 5.73 Å². The normalized spacial score (nSPS) is 13.9. The van der Waals surface area contributed by atoms with Crippen molar-refractivity contribution in [2.75, 3.05) is 18.1 Å². The second kappa shape index (κ2) is 26.5. The minimum absolute atomic E-state index is 0.0963. The Bertz CT molecular complexity index is 1510. The van der Waals surface area contributed by atoms with Crippen LogP contribution in [0.5, 0.6) is 0 Å². The Balaban J connectivity index is 2.60. The van der Waals surface area contributed by atoms with Crippen LogP contribution < -0.4 is 37.6 Å². The van der Waals surface area contributed by atoms with Gasteiger partial charge >= 0.3 is 30.0 Å². The van der Waals surface area contributed by atoms with Gasteiger partial charge in [0, 0.05) is 49.3 Å². The summed E-state index contributed by atoms with van der Waals surface area (Å²) in [4.78, 5) is 108. The maximum atomic E-state index is 13.3.